The summed E-state index contributed by atoms with van der Waals surface area (Å²) in [6, 6.07) is 10.4. The van der Waals surface area contributed by atoms with E-state index in [1.807, 2.05) is 25.3 Å². The van der Waals surface area contributed by atoms with Crippen LogP contribution in [0.2, 0.25) is 0 Å². The molecular weight excluding hydrogens is 395 g/mol. The summed E-state index contributed by atoms with van der Waals surface area (Å²) >= 11 is 0. The lowest BCUT2D eigenvalue weighted by Crippen LogP contribution is -2.24. The molecule has 4 aromatic rings. The molecule has 1 fully saturated rings. The highest BCUT2D eigenvalue weighted by Crippen LogP contribution is 2.35. The van der Waals surface area contributed by atoms with E-state index in [-0.39, 0.29) is 17.8 Å². The van der Waals surface area contributed by atoms with Crippen molar-refractivity contribution in [2.24, 2.45) is 0 Å². The van der Waals surface area contributed by atoms with Crippen molar-refractivity contribution in [2.75, 3.05) is 16.8 Å². The molecule has 1 atom stereocenters. The number of nitrogens with one attached hydrogen (secondary N) is 1. The molecule has 1 aromatic carbocycles. The second-order valence-corrected chi connectivity index (χ2v) is 7.66. The van der Waals surface area contributed by atoms with Gasteiger partial charge in [0, 0.05) is 30.7 Å². The Kier molecular flexibility index (Phi) is 4.82. The van der Waals surface area contributed by atoms with Crippen LogP contribution in [0, 0.1) is 12.7 Å². The van der Waals surface area contributed by atoms with Gasteiger partial charge in [-0.3, -0.25) is 9.78 Å². The molecule has 156 valence electrons. The van der Waals surface area contributed by atoms with E-state index in [9.17, 15) is 9.18 Å². The van der Waals surface area contributed by atoms with E-state index in [4.69, 9.17) is 4.98 Å². The molecule has 1 aliphatic heterocycles. The second-order valence-electron chi connectivity index (χ2n) is 7.66. The molecule has 0 saturated carbocycles. The number of pyridine rings is 1. The molecule has 0 spiro atoms. The highest BCUT2D eigenvalue weighted by atomic mass is 19.1. The van der Waals surface area contributed by atoms with Crippen LogP contribution in [0.5, 0.6) is 0 Å². The zero-order valence-electron chi connectivity index (χ0n) is 17.0. The van der Waals surface area contributed by atoms with Gasteiger partial charge < -0.3 is 10.2 Å². The molecule has 0 bridgehead atoms. The molecule has 1 amide bonds. The van der Waals surface area contributed by atoms with Crippen molar-refractivity contribution < 1.29 is 9.18 Å². The van der Waals surface area contributed by atoms with Crippen LogP contribution in [0.15, 0.2) is 61.2 Å². The number of nitrogens with zero attached hydrogens (tertiary/aromatic N) is 5. The Morgan fingerprint density at radius 3 is 2.97 bits per heavy atom. The molecule has 0 aliphatic carbocycles. The molecule has 3 aromatic heterocycles. The summed E-state index contributed by atoms with van der Waals surface area (Å²) in [5.41, 5.74) is 3.37. The molecule has 0 radical (unpaired) electrons. The molecule has 4 heterocycles. The highest BCUT2D eigenvalue weighted by Gasteiger charge is 2.28. The number of halogens is 1. The van der Waals surface area contributed by atoms with Gasteiger partial charge in [0.15, 0.2) is 5.65 Å². The molecule has 1 unspecified atom stereocenters. The third-order valence-corrected chi connectivity index (χ3v) is 5.65. The first-order valence-corrected chi connectivity index (χ1v) is 10.2. The Labute approximate surface area is 178 Å². The van der Waals surface area contributed by atoms with Gasteiger partial charge in [0.25, 0.3) is 5.91 Å². The molecule has 5 rings (SSSR count). The zero-order valence-corrected chi connectivity index (χ0v) is 17.0. The van der Waals surface area contributed by atoms with Crippen LogP contribution in [0.25, 0.3) is 5.65 Å². The number of aryl methyl sites for hydroxylation is 1. The maximum absolute atomic E-state index is 13.8. The van der Waals surface area contributed by atoms with Gasteiger partial charge in [-0.15, -0.1) is 0 Å². The van der Waals surface area contributed by atoms with Crippen LogP contribution >= 0.6 is 0 Å². The Hall–Kier alpha value is -3.81. The van der Waals surface area contributed by atoms with E-state index in [0.717, 1.165) is 36.3 Å². The van der Waals surface area contributed by atoms with Crippen LogP contribution in [-0.2, 0) is 0 Å². The first-order valence-electron chi connectivity index (χ1n) is 10.2. The van der Waals surface area contributed by atoms with Gasteiger partial charge in [0.05, 0.1) is 12.2 Å². The smallest absolute Gasteiger partial charge is 0.256 e. The van der Waals surface area contributed by atoms with Crippen molar-refractivity contribution in [3.8, 4) is 0 Å². The summed E-state index contributed by atoms with van der Waals surface area (Å²) < 4.78 is 15.4. The van der Waals surface area contributed by atoms with Crippen molar-refractivity contribution in [3.63, 3.8) is 0 Å². The SMILES string of the molecule is Cc1cnccc1C(=O)Nc1cnn2ccc(N3CCCC3c3cccc(F)c3)nc12. The zero-order chi connectivity index (χ0) is 21.4. The van der Waals surface area contributed by atoms with Crippen LogP contribution in [0.4, 0.5) is 15.9 Å². The molecule has 8 heteroatoms. The first kappa shape index (κ1) is 19.2. The Bertz CT molecular complexity index is 1270. The van der Waals surface area contributed by atoms with Crippen LogP contribution in [0.1, 0.15) is 40.4 Å². The molecule has 1 aliphatic rings. The second kappa shape index (κ2) is 7.79. The predicted octanol–water partition coefficient (Wildman–Crippen LogP) is 4.17. The number of carbonyl (C=O) groups excluding carboxylic acids is 1. The summed E-state index contributed by atoms with van der Waals surface area (Å²) in [6.45, 7) is 2.67. The fourth-order valence-corrected chi connectivity index (χ4v) is 4.13. The van der Waals surface area contributed by atoms with Gasteiger partial charge in [0.1, 0.15) is 17.3 Å². The van der Waals surface area contributed by atoms with Crippen molar-refractivity contribution in [1.29, 1.82) is 0 Å². The summed E-state index contributed by atoms with van der Waals surface area (Å²) in [6.07, 6.45) is 8.59. The summed E-state index contributed by atoms with van der Waals surface area (Å²) in [7, 11) is 0. The maximum atomic E-state index is 13.8. The third kappa shape index (κ3) is 3.61. The van der Waals surface area contributed by atoms with Gasteiger partial charge in [-0.25, -0.2) is 13.9 Å². The van der Waals surface area contributed by atoms with Gasteiger partial charge in [-0.05, 0) is 55.2 Å². The monoisotopic (exact) mass is 416 g/mol. The van der Waals surface area contributed by atoms with E-state index in [2.05, 4.69) is 20.3 Å². The molecule has 1 saturated heterocycles. The minimum absolute atomic E-state index is 0.0612. The average Bonchev–Trinajstić information content (AvgIpc) is 3.41. The van der Waals surface area contributed by atoms with Crippen molar-refractivity contribution >= 4 is 23.1 Å². The van der Waals surface area contributed by atoms with Crippen molar-refractivity contribution in [2.45, 2.75) is 25.8 Å². The van der Waals surface area contributed by atoms with Gasteiger partial charge in [-0.2, -0.15) is 5.10 Å². The maximum Gasteiger partial charge on any atom is 0.256 e. The molecular formula is C23H21FN6O. The van der Waals surface area contributed by atoms with E-state index in [1.165, 1.54) is 6.07 Å². The van der Waals surface area contributed by atoms with Crippen molar-refractivity contribution in [1.82, 2.24) is 19.6 Å². The van der Waals surface area contributed by atoms with Crippen LogP contribution < -0.4 is 10.2 Å². The molecule has 1 N–H and O–H groups in total. The predicted molar refractivity (Wildman–Crippen MR) is 116 cm³/mol. The minimum Gasteiger partial charge on any atom is -0.349 e. The fourth-order valence-electron chi connectivity index (χ4n) is 4.13. The first-order chi connectivity index (χ1) is 15.1. The number of carbonyl (C=O) groups is 1. The number of rotatable bonds is 4. The molecule has 7 nitrogen and oxygen atoms in total. The number of anilines is 2. The highest BCUT2D eigenvalue weighted by molar-refractivity contribution is 6.06. The quantitative estimate of drug-likeness (QED) is 0.541. The third-order valence-electron chi connectivity index (χ3n) is 5.65. The lowest BCUT2D eigenvalue weighted by Gasteiger charge is -2.26. The van der Waals surface area contributed by atoms with E-state index < -0.39 is 0 Å². The number of hydrogen-bond acceptors (Lipinski definition) is 5. The van der Waals surface area contributed by atoms with Crippen LogP contribution in [-0.4, -0.2) is 32.0 Å². The number of hydrogen-bond donors (Lipinski definition) is 1. The van der Waals surface area contributed by atoms with Gasteiger partial charge >= 0.3 is 0 Å². The van der Waals surface area contributed by atoms with Crippen LogP contribution in [0.3, 0.4) is 0 Å². The lowest BCUT2D eigenvalue weighted by atomic mass is 10.0. The lowest BCUT2D eigenvalue weighted by molar-refractivity contribution is 0.102. The molecule has 31 heavy (non-hydrogen) atoms. The van der Waals surface area contributed by atoms with Gasteiger partial charge in [-0.1, -0.05) is 12.1 Å². The average molecular weight is 416 g/mol. The number of fused-ring (bicyclic) bond motifs is 1. The largest absolute Gasteiger partial charge is 0.349 e. The topological polar surface area (TPSA) is 75.4 Å². The Morgan fingerprint density at radius 2 is 2.13 bits per heavy atom. The Morgan fingerprint density at radius 1 is 1.23 bits per heavy atom. The van der Waals surface area contributed by atoms with Gasteiger partial charge in [0.2, 0.25) is 0 Å². The number of aromatic nitrogens is 4. The van der Waals surface area contributed by atoms with E-state index in [0.29, 0.717) is 16.9 Å². The summed E-state index contributed by atoms with van der Waals surface area (Å²) in [4.78, 5) is 23.7. The number of amides is 1. The van der Waals surface area contributed by atoms with Crippen molar-refractivity contribution in [3.05, 3.63) is 83.7 Å². The van der Waals surface area contributed by atoms with E-state index >= 15 is 0 Å². The normalized spacial score (nSPS) is 16.1. The number of benzene rings is 1. The minimum atomic E-state index is -0.236. The summed E-state index contributed by atoms with van der Waals surface area (Å²) in [5, 5.41) is 7.21. The summed E-state index contributed by atoms with van der Waals surface area (Å²) in [5.74, 6) is 0.302. The Balaban J connectivity index is 1.46. The standard InChI is InChI=1S/C23H21FN6O/c1-15-13-25-9-7-18(15)23(31)27-19-14-26-30-11-8-21(28-22(19)30)29-10-3-6-20(29)16-4-2-5-17(24)12-16/h2,4-5,7-9,11-14,20H,3,6,10H2,1H3,(H,27,31). The van der Waals surface area contributed by atoms with E-state index in [1.54, 1.807) is 41.3 Å². The fraction of sp³-hybridized carbons (Fsp3) is 0.217.